The van der Waals surface area contributed by atoms with Gasteiger partial charge in [0, 0.05) is 11.1 Å². The Labute approximate surface area is 227 Å². The fourth-order valence-corrected chi connectivity index (χ4v) is 10.0. The van der Waals surface area contributed by atoms with Crippen LogP contribution in [0, 0.1) is 0 Å². The van der Waals surface area contributed by atoms with Crippen LogP contribution < -0.4 is 10.6 Å². The van der Waals surface area contributed by atoms with Crippen LogP contribution in [0.4, 0.5) is 26.3 Å². The smallest absolute Gasteiger partial charge is 0.311 e. The van der Waals surface area contributed by atoms with E-state index in [0.29, 0.717) is 13.1 Å². The molecule has 2 rings (SSSR count). The maximum Gasteiger partial charge on any atom is 0.416 e. The van der Waals surface area contributed by atoms with Crippen molar-refractivity contribution in [3.8, 4) is 0 Å². The molecule has 0 aliphatic heterocycles. The molecule has 2 unspecified atom stereocenters. The molecule has 0 amide bonds. The van der Waals surface area contributed by atoms with Crippen molar-refractivity contribution < 1.29 is 26.3 Å². The van der Waals surface area contributed by atoms with Gasteiger partial charge in [-0.2, -0.15) is 26.3 Å². The monoisotopic (exact) mass is 584 g/mol. The second-order valence-corrected chi connectivity index (χ2v) is 14.0. The summed E-state index contributed by atoms with van der Waals surface area (Å²) in [5, 5.41) is 6.46. The lowest BCUT2D eigenvalue weighted by Crippen LogP contribution is -2.43. The minimum absolute atomic E-state index is 0.192. The van der Waals surface area contributed by atoms with Gasteiger partial charge in [0.05, 0.1) is 21.6 Å². The van der Waals surface area contributed by atoms with Gasteiger partial charge in [0.2, 0.25) is 0 Å². The van der Waals surface area contributed by atoms with E-state index in [4.69, 9.17) is 0 Å². The van der Waals surface area contributed by atoms with Crippen LogP contribution in [0.15, 0.2) is 48.5 Å². The quantitative estimate of drug-likeness (QED) is 0.191. The first kappa shape index (κ1) is 32.2. The summed E-state index contributed by atoms with van der Waals surface area (Å²) in [6, 6.07) is 10.5. The number of halogens is 6. The summed E-state index contributed by atoms with van der Waals surface area (Å²) in [6.07, 6.45) is -8.81. The summed E-state index contributed by atoms with van der Waals surface area (Å²) in [4.78, 5) is 0. The molecule has 37 heavy (non-hydrogen) atoms. The van der Waals surface area contributed by atoms with Crippen LogP contribution in [-0.4, -0.2) is 24.2 Å². The van der Waals surface area contributed by atoms with Crippen molar-refractivity contribution in [3.05, 3.63) is 70.8 Å². The van der Waals surface area contributed by atoms with Crippen molar-refractivity contribution in [1.29, 1.82) is 0 Å². The standard InChI is InChI=1S/C26H34F6N2S3/c1-7-33-23(3,4)21(17-9-13-19(14-10-17)25(27,28)29)35-37-36-22(24(5,6)34-8-2)18-11-15-20(16-12-18)26(30,31)32/h9-16,21-22,33-34H,7-8H2,1-6H3. The molecule has 0 aliphatic rings. The zero-order valence-electron chi connectivity index (χ0n) is 21.7. The minimum Gasteiger partial charge on any atom is -0.311 e. The van der Waals surface area contributed by atoms with Crippen LogP contribution >= 0.6 is 31.4 Å². The van der Waals surface area contributed by atoms with Gasteiger partial charge in [0.15, 0.2) is 0 Å². The molecule has 0 saturated carbocycles. The SMILES string of the molecule is CCNC(C)(C)C(SSSC(c1ccc(C(F)(F)F)cc1)C(C)(C)NCC)c1ccc(C(F)(F)F)cc1. The third-order valence-electron chi connectivity index (χ3n) is 5.93. The van der Waals surface area contributed by atoms with Crippen LogP contribution in [-0.2, 0) is 12.4 Å². The molecule has 0 spiro atoms. The molecule has 0 saturated heterocycles. The predicted octanol–water partition coefficient (Wildman–Crippen LogP) is 9.31. The molecule has 2 atom stereocenters. The van der Waals surface area contributed by atoms with Gasteiger partial charge in [0.1, 0.15) is 0 Å². The van der Waals surface area contributed by atoms with Crippen LogP contribution in [0.1, 0.15) is 74.3 Å². The van der Waals surface area contributed by atoms with Crippen molar-refractivity contribution in [2.45, 2.75) is 75.5 Å². The number of benzene rings is 2. The van der Waals surface area contributed by atoms with Gasteiger partial charge in [0.25, 0.3) is 0 Å². The zero-order valence-corrected chi connectivity index (χ0v) is 24.1. The Hall–Kier alpha value is -1.01. The Morgan fingerprint density at radius 1 is 0.595 bits per heavy atom. The lowest BCUT2D eigenvalue weighted by Gasteiger charge is -2.37. The van der Waals surface area contributed by atoms with E-state index in [-0.39, 0.29) is 10.5 Å². The first-order valence-electron chi connectivity index (χ1n) is 11.9. The summed E-state index contributed by atoms with van der Waals surface area (Å²) in [5.74, 6) is 0. The third kappa shape index (κ3) is 9.02. The summed E-state index contributed by atoms with van der Waals surface area (Å²) in [5.41, 5.74) is -0.749. The number of hydrogen-bond donors (Lipinski definition) is 2. The molecule has 2 N–H and O–H groups in total. The molecule has 11 heteroatoms. The summed E-state index contributed by atoms with van der Waals surface area (Å²) >= 11 is 0. The van der Waals surface area contributed by atoms with Crippen molar-refractivity contribution >= 4 is 31.4 Å². The number of alkyl halides is 6. The number of nitrogens with one attached hydrogen (secondary N) is 2. The van der Waals surface area contributed by atoms with Gasteiger partial charge in [-0.15, -0.1) is 0 Å². The molecule has 0 heterocycles. The maximum absolute atomic E-state index is 13.1. The molecule has 2 aromatic carbocycles. The first-order chi connectivity index (χ1) is 17.0. The fraction of sp³-hybridized carbons (Fsp3) is 0.538. The molecule has 208 valence electrons. The lowest BCUT2D eigenvalue weighted by atomic mass is 9.93. The van der Waals surface area contributed by atoms with Gasteiger partial charge < -0.3 is 10.6 Å². The van der Waals surface area contributed by atoms with E-state index in [1.165, 1.54) is 55.7 Å². The zero-order chi connectivity index (χ0) is 28.1. The highest BCUT2D eigenvalue weighted by atomic mass is 33.5. The fourth-order valence-electron chi connectivity index (χ4n) is 4.08. The Balaban J connectivity index is 2.31. The normalized spacial score (nSPS) is 15.0. The van der Waals surface area contributed by atoms with E-state index in [9.17, 15) is 26.3 Å². The van der Waals surface area contributed by atoms with Crippen LogP contribution in [0.2, 0.25) is 0 Å². The lowest BCUT2D eigenvalue weighted by molar-refractivity contribution is -0.138. The number of likely N-dealkylation sites (N-methyl/N-ethyl adjacent to an activating group) is 2. The van der Waals surface area contributed by atoms with Crippen LogP contribution in [0.3, 0.4) is 0 Å². The molecule has 0 bridgehead atoms. The average Bonchev–Trinajstić information content (AvgIpc) is 2.78. The summed E-state index contributed by atoms with van der Waals surface area (Å²) < 4.78 is 78.6. The molecular formula is C26H34F6N2S3. The van der Waals surface area contributed by atoms with Crippen LogP contribution in [0.25, 0.3) is 0 Å². The summed E-state index contributed by atoms with van der Waals surface area (Å²) in [6.45, 7) is 13.3. The van der Waals surface area contributed by atoms with Crippen molar-refractivity contribution in [1.82, 2.24) is 10.6 Å². The Morgan fingerprint density at radius 3 is 1.14 bits per heavy atom. The molecule has 0 aromatic heterocycles. The van der Waals surface area contributed by atoms with Gasteiger partial charge >= 0.3 is 12.4 Å². The van der Waals surface area contributed by atoms with Crippen molar-refractivity contribution in [2.24, 2.45) is 0 Å². The third-order valence-corrected chi connectivity index (χ3v) is 11.2. The number of rotatable bonds is 12. The number of hydrogen-bond acceptors (Lipinski definition) is 5. The highest BCUT2D eigenvalue weighted by Crippen LogP contribution is 2.55. The molecule has 0 radical (unpaired) electrons. The van der Waals surface area contributed by atoms with E-state index in [1.807, 2.05) is 41.5 Å². The summed E-state index contributed by atoms with van der Waals surface area (Å²) in [7, 11) is 4.55. The molecule has 0 aliphatic carbocycles. The topological polar surface area (TPSA) is 24.1 Å². The first-order valence-corrected chi connectivity index (χ1v) is 15.5. The molecular weight excluding hydrogens is 550 g/mol. The Morgan fingerprint density at radius 2 is 0.892 bits per heavy atom. The average molecular weight is 585 g/mol. The van der Waals surface area contributed by atoms with Gasteiger partial charge in [-0.25, -0.2) is 0 Å². The predicted molar refractivity (Wildman–Crippen MR) is 147 cm³/mol. The van der Waals surface area contributed by atoms with Gasteiger partial charge in [-0.05, 0) is 86.0 Å². The van der Waals surface area contributed by atoms with Gasteiger partial charge in [-0.1, -0.05) is 59.7 Å². The van der Waals surface area contributed by atoms with E-state index in [0.717, 1.165) is 35.4 Å². The van der Waals surface area contributed by atoms with Crippen molar-refractivity contribution in [3.63, 3.8) is 0 Å². The van der Waals surface area contributed by atoms with E-state index in [1.54, 1.807) is 0 Å². The van der Waals surface area contributed by atoms with E-state index in [2.05, 4.69) is 10.6 Å². The van der Waals surface area contributed by atoms with E-state index < -0.39 is 34.6 Å². The largest absolute Gasteiger partial charge is 0.416 e. The van der Waals surface area contributed by atoms with E-state index >= 15 is 0 Å². The second kappa shape index (κ2) is 12.9. The van der Waals surface area contributed by atoms with Gasteiger partial charge in [-0.3, -0.25) is 0 Å². The Bertz CT molecular complexity index is 894. The highest BCUT2D eigenvalue weighted by molar-refractivity contribution is 9.09. The molecule has 2 nitrogen and oxygen atoms in total. The highest BCUT2D eigenvalue weighted by Gasteiger charge is 2.36. The second-order valence-electron chi connectivity index (χ2n) is 9.76. The van der Waals surface area contributed by atoms with Crippen LogP contribution in [0.5, 0.6) is 0 Å². The van der Waals surface area contributed by atoms with Crippen molar-refractivity contribution in [2.75, 3.05) is 13.1 Å². The molecule has 0 fully saturated rings. The minimum atomic E-state index is -4.41. The molecule has 2 aromatic rings. The Kier molecular flexibility index (Phi) is 11.2. The maximum atomic E-state index is 13.1.